The number of aliphatic imine (C=N–C) groups is 1. The molecular weight excluding hydrogens is 384 g/mol. The summed E-state index contributed by atoms with van der Waals surface area (Å²) >= 11 is 0. The zero-order valence-corrected chi connectivity index (χ0v) is 15.4. The lowest BCUT2D eigenvalue weighted by Crippen LogP contribution is -2.34. The number of nitrogens with one attached hydrogen (secondary N) is 2. The molecule has 0 aliphatic carbocycles. The molecular formula is C13H20N6O7S. The molecule has 0 spiro atoms. The molecule has 0 saturated carbocycles. The standard InChI is InChI=1S/C13H20N6O7S/c1-13(2)25-7-5(3-23-27(15,21)22)24-11(8(7)26-13)19-10-6(18-12(19)20)9(14)16-4-17-10/h5,7-8,11,17H,3-4H2,1-2H3,(H2,14,16)(H,18,20)(H2,15,21,22)/t5-,7-,8-,11-/m1/s1. The van der Waals surface area contributed by atoms with E-state index >= 15 is 0 Å². The number of amidine groups is 1. The van der Waals surface area contributed by atoms with E-state index in [9.17, 15) is 13.2 Å². The van der Waals surface area contributed by atoms with E-state index in [-0.39, 0.29) is 19.1 Å². The van der Waals surface area contributed by atoms with Gasteiger partial charge in [-0.25, -0.2) is 19.5 Å². The van der Waals surface area contributed by atoms with Gasteiger partial charge in [-0.1, -0.05) is 0 Å². The second-order valence-electron chi connectivity index (χ2n) is 6.81. The minimum atomic E-state index is -4.17. The number of imidazole rings is 1. The molecule has 2 fully saturated rings. The molecule has 0 bridgehead atoms. The van der Waals surface area contributed by atoms with Gasteiger partial charge in [0.2, 0.25) is 0 Å². The molecule has 3 aliphatic heterocycles. The van der Waals surface area contributed by atoms with Gasteiger partial charge in [0.15, 0.2) is 12.0 Å². The summed E-state index contributed by atoms with van der Waals surface area (Å²) < 4.78 is 45.8. The normalized spacial score (nSPS) is 31.9. The Labute approximate surface area is 153 Å². The average Bonchev–Trinajstić information content (AvgIpc) is 3.14. The largest absolute Gasteiger partial charge is 0.382 e. The van der Waals surface area contributed by atoms with Crippen LogP contribution in [0.2, 0.25) is 0 Å². The molecule has 0 unspecified atom stereocenters. The fraction of sp³-hybridized carbons (Fsp3) is 0.692. The van der Waals surface area contributed by atoms with Crippen LogP contribution in [0.25, 0.3) is 0 Å². The topological polar surface area (TPSA) is 185 Å². The van der Waals surface area contributed by atoms with E-state index in [0.717, 1.165) is 0 Å². The molecule has 150 valence electrons. The van der Waals surface area contributed by atoms with Crippen LogP contribution >= 0.6 is 0 Å². The summed E-state index contributed by atoms with van der Waals surface area (Å²) in [5.41, 5.74) is 5.68. The first-order valence-corrected chi connectivity index (χ1v) is 9.60. The van der Waals surface area contributed by atoms with Gasteiger partial charge in [-0.15, -0.1) is 0 Å². The molecule has 13 nitrogen and oxygen atoms in total. The third-order valence-electron chi connectivity index (χ3n) is 4.46. The lowest BCUT2D eigenvalue weighted by molar-refractivity contribution is -0.199. The van der Waals surface area contributed by atoms with Gasteiger partial charge in [0, 0.05) is 0 Å². The minimum absolute atomic E-state index is 0.187. The van der Waals surface area contributed by atoms with Crippen molar-refractivity contribution in [2.24, 2.45) is 15.9 Å². The van der Waals surface area contributed by atoms with Crippen LogP contribution in [0.1, 0.15) is 25.8 Å². The maximum absolute atomic E-state index is 12.5. The van der Waals surface area contributed by atoms with Crippen molar-refractivity contribution in [3.8, 4) is 0 Å². The second-order valence-corrected chi connectivity index (χ2v) is 8.03. The van der Waals surface area contributed by atoms with Crippen molar-refractivity contribution in [1.82, 2.24) is 9.55 Å². The fourth-order valence-corrected chi connectivity index (χ4v) is 3.82. The molecule has 0 amide bonds. The number of nitrogens with zero attached hydrogens (tertiary/aromatic N) is 2. The van der Waals surface area contributed by atoms with Crippen molar-refractivity contribution in [2.45, 2.75) is 44.2 Å². The van der Waals surface area contributed by atoms with Crippen LogP contribution in [0.3, 0.4) is 0 Å². The van der Waals surface area contributed by atoms with Crippen molar-refractivity contribution in [3.63, 3.8) is 0 Å². The lowest BCUT2D eigenvalue weighted by Gasteiger charge is -2.25. The fourth-order valence-electron chi connectivity index (χ4n) is 3.49. The Morgan fingerprint density at radius 1 is 1.37 bits per heavy atom. The Hall–Kier alpha value is -1.97. The first-order valence-electron chi connectivity index (χ1n) is 8.13. The van der Waals surface area contributed by atoms with Crippen LogP contribution in [0.4, 0.5) is 5.82 Å². The van der Waals surface area contributed by atoms with Crippen LogP contribution in [-0.4, -0.2) is 61.2 Å². The average molecular weight is 404 g/mol. The monoisotopic (exact) mass is 404 g/mol. The Morgan fingerprint density at radius 3 is 2.78 bits per heavy atom. The first-order chi connectivity index (χ1) is 12.6. The maximum atomic E-state index is 12.5. The lowest BCUT2D eigenvalue weighted by atomic mass is 10.1. The van der Waals surface area contributed by atoms with E-state index in [2.05, 4.69) is 19.5 Å². The van der Waals surface area contributed by atoms with Crippen molar-refractivity contribution >= 4 is 22.0 Å². The molecule has 1 aromatic rings. The molecule has 2 saturated heterocycles. The Kier molecular flexibility index (Phi) is 4.10. The van der Waals surface area contributed by atoms with Crippen LogP contribution in [0.15, 0.2) is 9.79 Å². The Morgan fingerprint density at radius 2 is 2.07 bits per heavy atom. The minimum Gasteiger partial charge on any atom is -0.382 e. The summed E-state index contributed by atoms with van der Waals surface area (Å²) in [6.07, 6.45) is -3.09. The molecule has 27 heavy (non-hydrogen) atoms. The summed E-state index contributed by atoms with van der Waals surface area (Å²) in [7, 11) is -4.17. The first kappa shape index (κ1) is 18.4. The molecule has 4 rings (SSSR count). The second kappa shape index (κ2) is 6.02. The van der Waals surface area contributed by atoms with Gasteiger partial charge in [-0.3, -0.25) is 4.18 Å². The van der Waals surface area contributed by atoms with Gasteiger partial charge >= 0.3 is 16.0 Å². The third kappa shape index (κ3) is 3.24. The maximum Gasteiger partial charge on any atom is 0.333 e. The van der Waals surface area contributed by atoms with Gasteiger partial charge in [-0.05, 0) is 13.8 Å². The molecule has 4 heterocycles. The summed E-state index contributed by atoms with van der Waals surface area (Å²) in [6, 6.07) is 0. The number of H-pyrrole nitrogens is 1. The van der Waals surface area contributed by atoms with Gasteiger partial charge in [0.1, 0.15) is 42.3 Å². The Bertz CT molecular complexity index is 951. The molecule has 14 heteroatoms. The molecule has 0 radical (unpaired) electrons. The summed E-state index contributed by atoms with van der Waals surface area (Å²) in [5.74, 6) is -0.366. The van der Waals surface area contributed by atoms with E-state index in [4.69, 9.17) is 25.1 Å². The smallest absolute Gasteiger partial charge is 0.333 e. The number of aromatic nitrogens is 2. The van der Waals surface area contributed by atoms with Gasteiger partial charge in [0.25, 0.3) is 0 Å². The van der Waals surface area contributed by atoms with Crippen molar-refractivity contribution in [1.29, 1.82) is 0 Å². The molecule has 0 aromatic carbocycles. The van der Waals surface area contributed by atoms with Crippen LogP contribution < -0.4 is 21.9 Å². The number of anilines is 1. The highest BCUT2D eigenvalue weighted by Crippen LogP contribution is 2.43. The number of hydrogen-bond acceptors (Lipinski definition) is 10. The summed E-state index contributed by atoms with van der Waals surface area (Å²) in [6.45, 7) is 3.22. The highest BCUT2D eigenvalue weighted by Gasteiger charge is 2.57. The van der Waals surface area contributed by atoms with E-state index in [1.54, 1.807) is 13.8 Å². The van der Waals surface area contributed by atoms with Gasteiger partial charge < -0.3 is 30.2 Å². The van der Waals surface area contributed by atoms with Crippen molar-refractivity contribution in [2.75, 3.05) is 18.6 Å². The van der Waals surface area contributed by atoms with Gasteiger partial charge in [0.05, 0.1) is 6.61 Å². The molecule has 6 N–H and O–H groups in total. The highest BCUT2D eigenvalue weighted by atomic mass is 32.2. The van der Waals surface area contributed by atoms with Crippen LogP contribution in [0.5, 0.6) is 0 Å². The number of rotatable bonds is 4. The molecule has 3 aliphatic rings. The molecule has 1 aromatic heterocycles. The Balaban J connectivity index is 1.69. The van der Waals surface area contributed by atoms with E-state index in [1.807, 2.05) is 0 Å². The number of hydrogen-bond donors (Lipinski definition) is 4. The number of ether oxygens (including phenoxy) is 3. The zero-order chi connectivity index (χ0) is 19.6. The number of aromatic amines is 1. The predicted octanol–water partition coefficient (Wildman–Crippen LogP) is -2.10. The number of nitrogens with two attached hydrogens (primary N) is 2. The van der Waals surface area contributed by atoms with E-state index in [1.165, 1.54) is 4.57 Å². The summed E-state index contributed by atoms with van der Waals surface area (Å²) in [5, 5.41) is 7.86. The highest BCUT2D eigenvalue weighted by molar-refractivity contribution is 7.84. The quantitative estimate of drug-likeness (QED) is 0.436. The van der Waals surface area contributed by atoms with Crippen molar-refractivity contribution < 1.29 is 26.8 Å². The van der Waals surface area contributed by atoms with E-state index in [0.29, 0.717) is 11.5 Å². The predicted molar refractivity (Wildman–Crippen MR) is 91.1 cm³/mol. The molecule has 4 atom stereocenters. The van der Waals surface area contributed by atoms with Gasteiger partial charge in [-0.2, -0.15) is 8.42 Å². The zero-order valence-electron chi connectivity index (χ0n) is 14.5. The SMILES string of the molecule is CC1(C)O[C@@H]2[C@H](O1)[C@@H](COS(N)(=O)=O)O[C@H]2n1c2c([nH]c1=O)C(N)=NCN2. The number of fused-ring (bicyclic) bond motifs is 2. The van der Waals surface area contributed by atoms with Crippen molar-refractivity contribution in [3.05, 3.63) is 16.2 Å². The van der Waals surface area contributed by atoms with E-state index < -0.39 is 46.3 Å². The van der Waals surface area contributed by atoms with Crippen LogP contribution in [0, 0.1) is 0 Å². The summed E-state index contributed by atoms with van der Waals surface area (Å²) in [4.78, 5) is 19.2. The van der Waals surface area contributed by atoms with Crippen LogP contribution in [-0.2, 0) is 28.7 Å². The third-order valence-corrected chi connectivity index (χ3v) is 4.92.